The van der Waals surface area contributed by atoms with Crippen molar-refractivity contribution in [2.45, 2.75) is 52.7 Å². The van der Waals surface area contributed by atoms with Crippen LogP contribution < -0.4 is 5.32 Å². The smallest absolute Gasteiger partial charge is 0.410 e. The van der Waals surface area contributed by atoms with Gasteiger partial charge in [-0.25, -0.2) is 9.59 Å². The molecule has 0 aliphatic heterocycles. The summed E-state index contributed by atoms with van der Waals surface area (Å²) in [6.45, 7) is 18.2. The van der Waals surface area contributed by atoms with E-state index in [-0.39, 0.29) is 6.09 Å². The molecular formula is C27H54N2O11. The van der Waals surface area contributed by atoms with Crippen molar-refractivity contribution in [3.8, 4) is 0 Å². The Hall–Kier alpha value is -1.74. The molecule has 0 bridgehead atoms. The molecule has 13 heteroatoms. The lowest BCUT2D eigenvalue weighted by molar-refractivity contribution is -0.0211. The molecule has 0 rings (SSSR count). The second-order valence-corrected chi connectivity index (χ2v) is 10.6. The first-order valence-corrected chi connectivity index (χ1v) is 13.9. The molecule has 0 heterocycles. The molecule has 238 valence electrons. The van der Waals surface area contributed by atoms with Crippen LogP contribution in [0.25, 0.3) is 0 Å². The molecule has 1 N–H and O–H groups in total. The SMILES string of the molecule is CN(CCOCCOCCOCCOCCOCCOCCOCCNC(=O)OC(C)(C)C)C(=O)OC(C)(C)C. The normalized spacial score (nSPS) is 11.9. The largest absolute Gasteiger partial charge is 0.444 e. The summed E-state index contributed by atoms with van der Waals surface area (Å²) >= 11 is 0. The van der Waals surface area contributed by atoms with Gasteiger partial charge >= 0.3 is 12.2 Å². The molecule has 0 aliphatic rings. The highest BCUT2D eigenvalue weighted by atomic mass is 16.6. The minimum absolute atomic E-state index is 0.367. The lowest BCUT2D eigenvalue weighted by Crippen LogP contribution is -2.36. The Balaban J connectivity index is 3.23. The zero-order chi connectivity index (χ0) is 30.1. The van der Waals surface area contributed by atoms with E-state index < -0.39 is 17.3 Å². The molecule has 0 saturated heterocycles. The van der Waals surface area contributed by atoms with Gasteiger partial charge in [-0.1, -0.05) is 0 Å². The fourth-order valence-electron chi connectivity index (χ4n) is 2.59. The van der Waals surface area contributed by atoms with Crippen LogP contribution >= 0.6 is 0 Å². The summed E-state index contributed by atoms with van der Waals surface area (Å²) in [5.41, 5.74) is -1.02. The maximum Gasteiger partial charge on any atom is 0.410 e. The van der Waals surface area contributed by atoms with Crippen molar-refractivity contribution in [1.82, 2.24) is 10.2 Å². The Morgan fingerprint density at radius 1 is 0.525 bits per heavy atom. The molecule has 0 saturated carbocycles. The average molecular weight is 583 g/mol. The Labute approximate surface area is 240 Å². The monoisotopic (exact) mass is 582 g/mol. The highest BCUT2D eigenvalue weighted by Gasteiger charge is 2.19. The van der Waals surface area contributed by atoms with E-state index in [9.17, 15) is 9.59 Å². The molecule has 0 unspecified atom stereocenters. The summed E-state index contributed by atoms with van der Waals surface area (Å²) in [7, 11) is 1.68. The summed E-state index contributed by atoms with van der Waals surface area (Å²) < 4.78 is 48.4. The maximum atomic E-state index is 11.8. The lowest BCUT2D eigenvalue weighted by Gasteiger charge is -2.24. The van der Waals surface area contributed by atoms with Crippen molar-refractivity contribution >= 4 is 12.2 Å². The third-order valence-corrected chi connectivity index (χ3v) is 4.42. The second kappa shape index (κ2) is 23.9. The number of hydrogen-bond donors (Lipinski definition) is 1. The zero-order valence-electron chi connectivity index (χ0n) is 25.8. The van der Waals surface area contributed by atoms with Crippen molar-refractivity contribution in [3.05, 3.63) is 0 Å². The molecule has 0 atom stereocenters. The highest BCUT2D eigenvalue weighted by Crippen LogP contribution is 2.09. The standard InChI is InChI=1S/C27H54N2O11/c1-26(2,3)39-24(30)28-8-10-32-12-14-34-16-18-36-20-22-38-23-21-37-19-17-35-15-13-33-11-9-29(7)25(31)40-27(4,5)6/h8-23H2,1-7H3,(H,28,30). The second-order valence-electron chi connectivity index (χ2n) is 10.6. The number of rotatable bonds is 24. The van der Waals surface area contributed by atoms with Gasteiger partial charge in [0.25, 0.3) is 0 Å². The van der Waals surface area contributed by atoms with E-state index >= 15 is 0 Å². The van der Waals surface area contributed by atoms with E-state index in [1.54, 1.807) is 7.05 Å². The van der Waals surface area contributed by atoms with Gasteiger partial charge in [0.2, 0.25) is 0 Å². The predicted molar refractivity (Wildman–Crippen MR) is 149 cm³/mol. The van der Waals surface area contributed by atoms with Crippen LogP contribution in [0.5, 0.6) is 0 Å². The minimum Gasteiger partial charge on any atom is -0.444 e. The molecular weight excluding hydrogens is 528 g/mol. The van der Waals surface area contributed by atoms with Crippen molar-refractivity contribution < 1.29 is 52.2 Å². The number of nitrogens with zero attached hydrogens (tertiary/aromatic N) is 1. The van der Waals surface area contributed by atoms with Crippen LogP contribution in [0.2, 0.25) is 0 Å². The topological polar surface area (TPSA) is 132 Å². The molecule has 0 radical (unpaired) electrons. The van der Waals surface area contributed by atoms with E-state index in [1.807, 2.05) is 41.5 Å². The van der Waals surface area contributed by atoms with Gasteiger partial charge in [0.1, 0.15) is 11.2 Å². The van der Waals surface area contributed by atoms with Crippen molar-refractivity contribution in [2.24, 2.45) is 0 Å². The molecule has 0 fully saturated rings. The number of alkyl carbamates (subject to hydrolysis) is 1. The first-order chi connectivity index (χ1) is 18.9. The van der Waals surface area contributed by atoms with Crippen LogP contribution in [0.3, 0.4) is 0 Å². The highest BCUT2D eigenvalue weighted by molar-refractivity contribution is 5.68. The summed E-state index contributed by atoms with van der Waals surface area (Å²) in [6, 6.07) is 0. The van der Waals surface area contributed by atoms with E-state index in [2.05, 4.69) is 5.32 Å². The Morgan fingerprint density at radius 3 is 1.20 bits per heavy atom. The van der Waals surface area contributed by atoms with Crippen LogP contribution in [0.15, 0.2) is 0 Å². The lowest BCUT2D eigenvalue weighted by atomic mass is 10.2. The summed E-state index contributed by atoms with van der Waals surface area (Å²) in [6.07, 6.45) is -0.822. The van der Waals surface area contributed by atoms with Crippen LogP contribution in [0, 0.1) is 0 Å². The van der Waals surface area contributed by atoms with Crippen molar-refractivity contribution in [3.63, 3.8) is 0 Å². The Bertz CT molecular complexity index is 625. The number of amides is 2. The molecule has 0 aromatic rings. The summed E-state index contributed by atoms with van der Waals surface area (Å²) in [5, 5.41) is 2.62. The first kappa shape index (κ1) is 38.3. The van der Waals surface area contributed by atoms with Crippen LogP contribution in [-0.4, -0.2) is 141 Å². The third kappa shape index (κ3) is 29.2. The van der Waals surface area contributed by atoms with Crippen LogP contribution in [0.1, 0.15) is 41.5 Å². The number of hydrogen-bond acceptors (Lipinski definition) is 11. The maximum absolute atomic E-state index is 11.8. The molecule has 0 aromatic heterocycles. The zero-order valence-corrected chi connectivity index (χ0v) is 25.8. The number of carbonyl (C=O) groups excluding carboxylic acids is 2. The van der Waals surface area contributed by atoms with Gasteiger partial charge in [0.05, 0.1) is 92.5 Å². The third-order valence-electron chi connectivity index (χ3n) is 4.42. The number of carbonyl (C=O) groups is 2. The number of likely N-dealkylation sites (N-methyl/N-ethyl adjacent to an activating group) is 1. The Kier molecular flexibility index (Phi) is 22.9. The van der Waals surface area contributed by atoms with E-state index in [1.165, 1.54) is 4.90 Å². The average Bonchev–Trinajstić information content (AvgIpc) is 2.84. The van der Waals surface area contributed by atoms with Gasteiger partial charge in [0.15, 0.2) is 0 Å². The van der Waals surface area contributed by atoms with Crippen molar-refractivity contribution in [1.29, 1.82) is 0 Å². The Morgan fingerprint density at radius 2 is 0.850 bits per heavy atom. The van der Waals surface area contributed by atoms with Gasteiger partial charge in [-0.3, -0.25) is 0 Å². The van der Waals surface area contributed by atoms with Crippen molar-refractivity contribution in [2.75, 3.05) is 113 Å². The van der Waals surface area contributed by atoms with Gasteiger partial charge in [0, 0.05) is 20.1 Å². The van der Waals surface area contributed by atoms with Crippen LogP contribution in [0.4, 0.5) is 9.59 Å². The van der Waals surface area contributed by atoms with E-state index in [0.29, 0.717) is 106 Å². The van der Waals surface area contributed by atoms with E-state index in [4.69, 9.17) is 42.6 Å². The predicted octanol–water partition coefficient (Wildman–Crippen LogP) is 2.49. The summed E-state index contributed by atoms with van der Waals surface area (Å²) in [4.78, 5) is 24.8. The van der Waals surface area contributed by atoms with Gasteiger partial charge in [-0.15, -0.1) is 0 Å². The first-order valence-electron chi connectivity index (χ1n) is 13.9. The molecule has 0 spiro atoms. The fraction of sp³-hybridized carbons (Fsp3) is 0.926. The van der Waals surface area contributed by atoms with Gasteiger partial charge in [-0.2, -0.15) is 0 Å². The molecule has 0 aliphatic carbocycles. The molecule has 40 heavy (non-hydrogen) atoms. The summed E-state index contributed by atoms with van der Waals surface area (Å²) in [5.74, 6) is 0. The molecule has 2 amide bonds. The fourth-order valence-corrected chi connectivity index (χ4v) is 2.59. The van der Waals surface area contributed by atoms with Gasteiger partial charge in [-0.05, 0) is 41.5 Å². The number of nitrogens with one attached hydrogen (secondary N) is 1. The van der Waals surface area contributed by atoms with Gasteiger partial charge < -0.3 is 52.8 Å². The molecule has 0 aromatic carbocycles. The number of ether oxygens (including phenoxy) is 9. The van der Waals surface area contributed by atoms with Crippen LogP contribution in [-0.2, 0) is 42.6 Å². The minimum atomic E-state index is -0.512. The molecule has 13 nitrogen and oxygen atoms in total. The van der Waals surface area contributed by atoms with E-state index in [0.717, 1.165) is 0 Å². The quantitative estimate of drug-likeness (QED) is 0.168.